The Morgan fingerprint density at radius 3 is 3.00 bits per heavy atom. The van der Waals surface area contributed by atoms with E-state index in [0.717, 1.165) is 12.2 Å². The fourth-order valence-corrected chi connectivity index (χ4v) is 1.54. The minimum absolute atomic E-state index is 0.203. The van der Waals surface area contributed by atoms with Gasteiger partial charge in [-0.1, -0.05) is 15.9 Å². The van der Waals surface area contributed by atoms with Crippen LogP contribution in [-0.2, 0) is 9.53 Å². The first-order chi connectivity index (χ1) is 4.75. The molecule has 1 aliphatic rings. The van der Waals surface area contributed by atoms with Crippen molar-refractivity contribution >= 4 is 21.7 Å². The highest BCUT2D eigenvalue weighted by Crippen LogP contribution is 2.21. The van der Waals surface area contributed by atoms with Crippen LogP contribution in [0.4, 0.5) is 0 Å². The van der Waals surface area contributed by atoms with Crippen molar-refractivity contribution in [1.82, 2.24) is 0 Å². The van der Waals surface area contributed by atoms with E-state index in [-0.39, 0.29) is 10.6 Å². The summed E-state index contributed by atoms with van der Waals surface area (Å²) in [5.74, 6) is 0.954. The average Bonchev–Trinajstić information content (AvgIpc) is 1.95. The predicted octanol–water partition coefficient (Wildman–Crippen LogP) is 1.64. The van der Waals surface area contributed by atoms with Crippen molar-refractivity contribution in [1.29, 1.82) is 0 Å². The maximum Gasteiger partial charge on any atom is 0.154 e. The van der Waals surface area contributed by atoms with Crippen LogP contribution < -0.4 is 0 Å². The Hall–Kier alpha value is -0.310. The largest absolute Gasteiger partial charge is 0.500 e. The third kappa shape index (κ3) is 1.40. The smallest absolute Gasteiger partial charge is 0.154 e. The van der Waals surface area contributed by atoms with Crippen LogP contribution in [0.25, 0.3) is 0 Å². The molecule has 0 heterocycles. The summed E-state index contributed by atoms with van der Waals surface area (Å²) in [7, 11) is 1.58. The molecular formula is C7H9BrO2. The first kappa shape index (κ1) is 7.79. The normalized spacial score (nSPS) is 26.0. The first-order valence-electron chi connectivity index (χ1n) is 3.16. The van der Waals surface area contributed by atoms with Crippen LogP contribution in [0.5, 0.6) is 0 Å². The summed E-state index contributed by atoms with van der Waals surface area (Å²) >= 11 is 3.24. The van der Waals surface area contributed by atoms with E-state index in [1.807, 2.05) is 6.08 Å². The molecule has 0 fully saturated rings. The Morgan fingerprint density at radius 1 is 1.80 bits per heavy atom. The van der Waals surface area contributed by atoms with Gasteiger partial charge in [0.15, 0.2) is 5.78 Å². The van der Waals surface area contributed by atoms with Crippen LogP contribution in [0.1, 0.15) is 12.8 Å². The first-order valence-corrected chi connectivity index (χ1v) is 4.08. The number of Topliss-reactive ketones (excluding diaryl/α,β-unsaturated/α-hetero) is 1. The van der Waals surface area contributed by atoms with Gasteiger partial charge in [-0.25, -0.2) is 0 Å². The lowest BCUT2D eigenvalue weighted by Crippen LogP contribution is -2.20. The van der Waals surface area contributed by atoms with Crippen LogP contribution in [0.15, 0.2) is 11.8 Å². The predicted molar refractivity (Wildman–Crippen MR) is 42.0 cm³/mol. The lowest BCUT2D eigenvalue weighted by Gasteiger charge is -2.15. The van der Waals surface area contributed by atoms with Crippen molar-refractivity contribution in [2.45, 2.75) is 17.7 Å². The fraction of sp³-hybridized carbons (Fsp3) is 0.571. The number of rotatable bonds is 1. The standard InChI is InChI=1S/C7H9BrO2/c1-10-6-4-2-3-5(9)7(6)8/h4,7H,2-3H2,1H3. The molecular weight excluding hydrogens is 196 g/mol. The van der Waals surface area contributed by atoms with Gasteiger partial charge < -0.3 is 4.74 Å². The molecule has 0 aromatic heterocycles. The quantitative estimate of drug-likeness (QED) is 0.608. The van der Waals surface area contributed by atoms with Gasteiger partial charge in [-0.3, -0.25) is 4.79 Å². The van der Waals surface area contributed by atoms with Crippen molar-refractivity contribution in [3.63, 3.8) is 0 Å². The van der Waals surface area contributed by atoms with E-state index < -0.39 is 0 Å². The molecule has 2 nitrogen and oxygen atoms in total. The number of allylic oxidation sites excluding steroid dienone is 2. The molecule has 1 unspecified atom stereocenters. The molecule has 0 radical (unpaired) electrons. The lowest BCUT2D eigenvalue weighted by atomic mass is 10.1. The molecule has 0 aromatic carbocycles. The number of alkyl halides is 1. The Bertz CT molecular complexity index is 174. The van der Waals surface area contributed by atoms with Crippen molar-refractivity contribution in [2.24, 2.45) is 0 Å². The lowest BCUT2D eigenvalue weighted by molar-refractivity contribution is -0.118. The molecule has 0 saturated carbocycles. The molecule has 1 aliphatic carbocycles. The minimum atomic E-state index is -0.203. The van der Waals surface area contributed by atoms with Crippen molar-refractivity contribution in [2.75, 3.05) is 7.11 Å². The minimum Gasteiger partial charge on any atom is -0.500 e. The highest BCUT2D eigenvalue weighted by molar-refractivity contribution is 9.10. The van der Waals surface area contributed by atoms with Gasteiger partial charge in [0.05, 0.1) is 7.11 Å². The molecule has 1 rings (SSSR count). The Kier molecular flexibility index (Phi) is 2.49. The molecule has 10 heavy (non-hydrogen) atoms. The molecule has 0 aliphatic heterocycles. The van der Waals surface area contributed by atoms with E-state index in [4.69, 9.17) is 4.74 Å². The van der Waals surface area contributed by atoms with Crippen LogP contribution in [0.2, 0.25) is 0 Å². The van der Waals surface area contributed by atoms with E-state index in [0.29, 0.717) is 6.42 Å². The maximum absolute atomic E-state index is 11.0. The number of ether oxygens (including phenoxy) is 1. The molecule has 3 heteroatoms. The van der Waals surface area contributed by atoms with Crippen LogP contribution >= 0.6 is 15.9 Å². The zero-order valence-electron chi connectivity index (χ0n) is 5.76. The van der Waals surface area contributed by atoms with E-state index in [2.05, 4.69) is 15.9 Å². The van der Waals surface area contributed by atoms with E-state index in [1.54, 1.807) is 7.11 Å². The Labute approximate surface area is 68.4 Å². The fourth-order valence-electron chi connectivity index (χ4n) is 0.932. The molecule has 0 bridgehead atoms. The Balaban J connectivity index is 2.71. The van der Waals surface area contributed by atoms with Gasteiger partial charge in [-0.15, -0.1) is 0 Å². The monoisotopic (exact) mass is 204 g/mol. The van der Waals surface area contributed by atoms with Crippen molar-refractivity contribution < 1.29 is 9.53 Å². The third-order valence-electron chi connectivity index (χ3n) is 1.50. The second-order valence-corrected chi connectivity index (χ2v) is 3.09. The summed E-state index contributed by atoms with van der Waals surface area (Å²) in [4.78, 5) is 10.8. The second kappa shape index (κ2) is 3.19. The number of carbonyl (C=O) groups is 1. The maximum atomic E-state index is 11.0. The van der Waals surface area contributed by atoms with E-state index in [9.17, 15) is 4.79 Å². The molecule has 0 N–H and O–H groups in total. The summed E-state index contributed by atoms with van der Waals surface area (Å²) < 4.78 is 4.97. The summed E-state index contributed by atoms with van der Waals surface area (Å²) in [6.45, 7) is 0. The number of ketones is 1. The van der Waals surface area contributed by atoms with Gasteiger partial charge in [-0.05, 0) is 12.5 Å². The molecule has 0 aromatic rings. The van der Waals surface area contributed by atoms with Crippen LogP contribution in [0, 0.1) is 0 Å². The van der Waals surface area contributed by atoms with E-state index in [1.165, 1.54) is 0 Å². The van der Waals surface area contributed by atoms with Crippen molar-refractivity contribution in [3.8, 4) is 0 Å². The number of halogens is 1. The summed E-state index contributed by atoms with van der Waals surface area (Å²) in [5.41, 5.74) is 0. The van der Waals surface area contributed by atoms with Gasteiger partial charge >= 0.3 is 0 Å². The zero-order valence-corrected chi connectivity index (χ0v) is 7.35. The second-order valence-electron chi connectivity index (χ2n) is 2.18. The van der Waals surface area contributed by atoms with Gasteiger partial charge in [-0.2, -0.15) is 0 Å². The molecule has 56 valence electrons. The van der Waals surface area contributed by atoms with Crippen molar-refractivity contribution in [3.05, 3.63) is 11.8 Å². The molecule has 0 saturated heterocycles. The van der Waals surface area contributed by atoms with Crippen LogP contribution in [-0.4, -0.2) is 17.7 Å². The number of methoxy groups -OCH3 is 1. The van der Waals surface area contributed by atoms with Gasteiger partial charge in [0, 0.05) is 6.42 Å². The molecule has 0 spiro atoms. The molecule has 1 atom stereocenters. The van der Waals surface area contributed by atoms with Gasteiger partial charge in [0.2, 0.25) is 0 Å². The van der Waals surface area contributed by atoms with Gasteiger partial charge in [0.1, 0.15) is 10.6 Å². The number of hydrogen-bond donors (Lipinski definition) is 0. The average molecular weight is 205 g/mol. The molecule has 0 amide bonds. The topological polar surface area (TPSA) is 26.3 Å². The summed E-state index contributed by atoms with van der Waals surface area (Å²) in [6, 6.07) is 0. The zero-order chi connectivity index (χ0) is 7.56. The highest BCUT2D eigenvalue weighted by atomic mass is 79.9. The highest BCUT2D eigenvalue weighted by Gasteiger charge is 2.22. The SMILES string of the molecule is COC1=CCCC(=O)C1Br. The van der Waals surface area contributed by atoms with Crippen LogP contribution in [0.3, 0.4) is 0 Å². The number of carbonyl (C=O) groups excluding carboxylic acids is 1. The summed E-state index contributed by atoms with van der Waals surface area (Å²) in [6.07, 6.45) is 3.38. The summed E-state index contributed by atoms with van der Waals surface area (Å²) in [5, 5.41) is 0. The van der Waals surface area contributed by atoms with Gasteiger partial charge in [0.25, 0.3) is 0 Å². The Morgan fingerprint density at radius 2 is 2.50 bits per heavy atom. The van der Waals surface area contributed by atoms with E-state index >= 15 is 0 Å². The number of hydrogen-bond acceptors (Lipinski definition) is 2. The third-order valence-corrected chi connectivity index (χ3v) is 2.47.